The summed E-state index contributed by atoms with van der Waals surface area (Å²) in [5.74, 6) is -1.97. The molecule has 0 aromatic heterocycles. The SMILES string of the molecule is NCc1ccc(C(=O)Nc2ccc(F)cc2F)cc1. The standard InChI is InChI=1S/C14H12F2N2O/c15-11-5-6-13(12(16)7-11)18-14(19)10-3-1-9(8-17)2-4-10/h1-7H,8,17H2,(H,18,19). The molecule has 0 heterocycles. The molecule has 0 spiro atoms. The van der Waals surface area contributed by atoms with Gasteiger partial charge in [-0.3, -0.25) is 4.79 Å². The van der Waals surface area contributed by atoms with Gasteiger partial charge in [-0.2, -0.15) is 0 Å². The van der Waals surface area contributed by atoms with Gasteiger partial charge in [0.1, 0.15) is 11.6 Å². The van der Waals surface area contributed by atoms with Gasteiger partial charge in [-0.15, -0.1) is 0 Å². The summed E-state index contributed by atoms with van der Waals surface area (Å²) in [7, 11) is 0. The van der Waals surface area contributed by atoms with Gasteiger partial charge in [0.2, 0.25) is 0 Å². The predicted octanol–water partition coefficient (Wildman–Crippen LogP) is 2.68. The van der Waals surface area contributed by atoms with Gasteiger partial charge in [-0.1, -0.05) is 12.1 Å². The van der Waals surface area contributed by atoms with E-state index in [1.54, 1.807) is 24.3 Å². The Labute approximate surface area is 109 Å². The van der Waals surface area contributed by atoms with Crippen LogP contribution in [0.5, 0.6) is 0 Å². The van der Waals surface area contributed by atoms with Crippen molar-refractivity contribution in [3.8, 4) is 0 Å². The molecule has 5 heteroatoms. The minimum atomic E-state index is -0.813. The molecular weight excluding hydrogens is 250 g/mol. The molecule has 3 nitrogen and oxygen atoms in total. The summed E-state index contributed by atoms with van der Waals surface area (Å²) >= 11 is 0. The van der Waals surface area contributed by atoms with Crippen LogP contribution in [0.4, 0.5) is 14.5 Å². The molecule has 0 aliphatic carbocycles. The molecular formula is C14H12F2N2O. The molecule has 0 radical (unpaired) electrons. The fourth-order valence-electron chi connectivity index (χ4n) is 1.58. The molecule has 0 atom stereocenters. The van der Waals surface area contributed by atoms with Crippen LogP contribution in [0.15, 0.2) is 42.5 Å². The molecule has 2 aromatic carbocycles. The van der Waals surface area contributed by atoms with Gasteiger partial charge in [0.25, 0.3) is 5.91 Å². The zero-order valence-electron chi connectivity index (χ0n) is 9.99. The molecule has 2 rings (SSSR count). The van der Waals surface area contributed by atoms with E-state index >= 15 is 0 Å². The number of nitrogens with one attached hydrogen (secondary N) is 1. The van der Waals surface area contributed by atoms with E-state index in [0.29, 0.717) is 18.2 Å². The summed E-state index contributed by atoms with van der Waals surface area (Å²) < 4.78 is 26.1. The summed E-state index contributed by atoms with van der Waals surface area (Å²) in [4.78, 5) is 11.8. The number of amides is 1. The number of rotatable bonds is 3. The van der Waals surface area contributed by atoms with Crippen molar-refractivity contribution < 1.29 is 13.6 Å². The summed E-state index contributed by atoms with van der Waals surface area (Å²) in [6.45, 7) is 0.383. The lowest BCUT2D eigenvalue weighted by molar-refractivity contribution is 0.102. The third-order valence-corrected chi connectivity index (χ3v) is 2.63. The second-order valence-electron chi connectivity index (χ2n) is 3.98. The monoisotopic (exact) mass is 262 g/mol. The maximum atomic E-state index is 13.4. The number of carbonyl (C=O) groups is 1. The molecule has 0 aliphatic rings. The summed E-state index contributed by atoms with van der Waals surface area (Å²) in [5.41, 5.74) is 6.66. The first-order chi connectivity index (χ1) is 9.10. The van der Waals surface area contributed by atoms with Crippen LogP contribution in [0.3, 0.4) is 0 Å². The predicted molar refractivity (Wildman–Crippen MR) is 68.6 cm³/mol. The Balaban J connectivity index is 2.15. The third kappa shape index (κ3) is 3.14. The topological polar surface area (TPSA) is 55.1 Å². The van der Waals surface area contributed by atoms with Crippen molar-refractivity contribution in [2.45, 2.75) is 6.54 Å². The Kier molecular flexibility index (Phi) is 3.87. The Morgan fingerprint density at radius 2 is 1.79 bits per heavy atom. The van der Waals surface area contributed by atoms with Crippen LogP contribution in [0, 0.1) is 11.6 Å². The Bertz CT molecular complexity index is 597. The number of hydrogen-bond donors (Lipinski definition) is 2. The number of carbonyl (C=O) groups excluding carboxylic acids is 1. The average Bonchev–Trinajstić information content (AvgIpc) is 2.42. The molecule has 3 N–H and O–H groups in total. The maximum absolute atomic E-state index is 13.4. The summed E-state index contributed by atoms with van der Waals surface area (Å²) in [6, 6.07) is 9.60. The highest BCUT2D eigenvalue weighted by Crippen LogP contribution is 2.16. The highest BCUT2D eigenvalue weighted by atomic mass is 19.1. The van der Waals surface area contributed by atoms with Crippen LogP contribution >= 0.6 is 0 Å². The van der Waals surface area contributed by atoms with Gasteiger partial charge in [0.15, 0.2) is 0 Å². The van der Waals surface area contributed by atoms with E-state index in [1.165, 1.54) is 6.07 Å². The van der Waals surface area contributed by atoms with Gasteiger partial charge in [0.05, 0.1) is 5.69 Å². The van der Waals surface area contributed by atoms with E-state index in [9.17, 15) is 13.6 Å². The van der Waals surface area contributed by atoms with Gasteiger partial charge in [-0.05, 0) is 29.8 Å². The summed E-state index contributed by atoms with van der Waals surface area (Å²) in [5, 5.41) is 2.38. The number of hydrogen-bond acceptors (Lipinski definition) is 2. The lowest BCUT2D eigenvalue weighted by Crippen LogP contribution is -2.13. The Morgan fingerprint density at radius 1 is 1.11 bits per heavy atom. The van der Waals surface area contributed by atoms with Crippen LogP contribution in [0.2, 0.25) is 0 Å². The number of anilines is 1. The van der Waals surface area contributed by atoms with E-state index < -0.39 is 17.5 Å². The second kappa shape index (κ2) is 5.58. The number of halogens is 2. The molecule has 19 heavy (non-hydrogen) atoms. The molecule has 98 valence electrons. The molecule has 0 bridgehead atoms. The van der Waals surface area contributed by atoms with Crippen molar-refractivity contribution in [2.24, 2.45) is 5.73 Å². The fraction of sp³-hybridized carbons (Fsp3) is 0.0714. The van der Waals surface area contributed by atoms with E-state index in [4.69, 9.17) is 5.73 Å². The van der Waals surface area contributed by atoms with Gasteiger partial charge in [0, 0.05) is 18.2 Å². The molecule has 0 unspecified atom stereocenters. The molecule has 0 fully saturated rings. The molecule has 1 amide bonds. The van der Waals surface area contributed by atoms with Gasteiger partial charge in [-0.25, -0.2) is 8.78 Å². The lowest BCUT2D eigenvalue weighted by Gasteiger charge is -2.07. The minimum absolute atomic E-state index is 0.0608. The lowest BCUT2D eigenvalue weighted by atomic mass is 10.1. The fourth-order valence-corrected chi connectivity index (χ4v) is 1.58. The smallest absolute Gasteiger partial charge is 0.255 e. The van der Waals surface area contributed by atoms with E-state index in [0.717, 1.165) is 11.6 Å². The normalized spacial score (nSPS) is 10.3. The van der Waals surface area contributed by atoms with Gasteiger partial charge < -0.3 is 11.1 Å². The van der Waals surface area contributed by atoms with Crippen LogP contribution in [0.25, 0.3) is 0 Å². The van der Waals surface area contributed by atoms with Crippen molar-refractivity contribution in [1.82, 2.24) is 0 Å². The first-order valence-corrected chi connectivity index (χ1v) is 5.65. The Hall–Kier alpha value is -2.27. The van der Waals surface area contributed by atoms with Crippen molar-refractivity contribution in [1.29, 1.82) is 0 Å². The highest BCUT2D eigenvalue weighted by Gasteiger charge is 2.09. The first-order valence-electron chi connectivity index (χ1n) is 5.65. The molecule has 0 saturated carbocycles. The van der Waals surface area contributed by atoms with Crippen LogP contribution < -0.4 is 11.1 Å². The Morgan fingerprint density at radius 3 is 2.37 bits per heavy atom. The molecule has 0 aliphatic heterocycles. The number of nitrogens with two attached hydrogens (primary N) is 1. The van der Waals surface area contributed by atoms with Crippen LogP contribution in [-0.2, 0) is 6.54 Å². The van der Waals surface area contributed by atoms with Crippen molar-refractivity contribution in [3.63, 3.8) is 0 Å². The van der Waals surface area contributed by atoms with Crippen molar-refractivity contribution in [3.05, 3.63) is 65.2 Å². The zero-order chi connectivity index (χ0) is 13.8. The van der Waals surface area contributed by atoms with E-state index in [2.05, 4.69) is 5.32 Å². The first kappa shape index (κ1) is 13.2. The number of benzene rings is 2. The maximum Gasteiger partial charge on any atom is 0.255 e. The summed E-state index contributed by atoms with van der Waals surface area (Å²) in [6.07, 6.45) is 0. The van der Waals surface area contributed by atoms with Crippen molar-refractivity contribution in [2.75, 3.05) is 5.32 Å². The third-order valence-electron chi connectivity index (χ3n) is 2.63. The van der Waals surface area contributed by atoms with Crippen molar-refractivity contribution >= 4 is 11.6 Å². The minimum Gasteiger partial charge on any atom is -0.326 e. The van der Waals surface area contributed by atoms with E-state index in [-0.39, 0.29) is 5.69 Å². The highest BCUT2D eigenvalue weighted by molar-refractivity contribution is 6.04. The van der Waals surface area contributed by atoms with E-state index in [1.807, 2.05) is 0 Å². The largest absolute Gasteiger partial charge is 0.326 e. The molecule has 2 aromatic rings. The average molecular weight is 262 g/mol. The second-order valence-corrected chi connectivity index (χ2v) is 3.98. The zero-order valence-corrected chi connectivity index (χ0v) is 9.99. The van der Waals surface area contributed by atoms with Crippen LogP contribution in [0.1, 0.15) is 15.9 Å². The van der Waals surface area contributed by atoms with Gasteiger partial charge >= 0.3 is 0 Å². The van der Waals surface area contributed by atoms with Crippen LogP contribution in [-0.4, -0.2) is 5.91 Å². The molecule has 0 saturated heterocycles. The quantitative estimate of drug-likeness (QED) is 0.893.